The molecule has 0 saturated heterocycles. The molecule has 0 saturated carbocycles. The molecule has 3 N–H and O–H groups in total. The monoisotopic (exact) mass is 310 g/mol. The summed E-state index contributed by atoms with van der Waals surface area (Å²) >= 11 is 6.82. The largest absolute Gasteiger partial charge is 0.477 e. The average Bonchev–Trinajstić information content (AvgIpc) is 2.86. The van der Waals surface area contributed by atoms with Crippen molar-refractivity contribution in [1.29, 1.82) is 0 Å². The first kappa shape index (κ1) is 14.4. The number of anilines is 1. The second-order valence-electron chi connectivity index (χ2n) is 3.90. The zero-order valence-electron chi connectivity index (χ0n) is 10.2. The summed E-state index contributed by atoms with van der Waals surface area (Å²) in [5.41, 5.74) is 1.18. The molecule has 20 heavy (non-hydrogen) atoms. The van der Waals surface area contributed by atoms with Gasteiger partial charge in [0.25, 0.3) is 0 Å². The van der Waals surface area contributed by atoms with E-state index in [9.17, 15) is 9.59 Å². The number of nitrogens with one attached hydrogen (secondary N) is 2. The molecule has 1 aromatic carbocycles. The van der Waals surface area contributed by atoms with E-state index in [-0.39, 0.29) is 10.6 Å². The molecule has 0 bridgehead atoms. The van der Waals surface area contributed by atoms with Crippen LogP contribution in [-0.2, 0) is 6.54 Å². The quantitative estimate of drug-likeness (QED) is 0.809. The minimum Gasteiger partial charge on any atom is -0.477 e. The molecule has 1 heterocycles. The van der Waals surface area contributed by atoms with Crippen molar-refractivity contribution in [2.45, 2.75) is 6.54 Å². The molecule has 0 aliphatic heterocycles. The van der Waals surface area contributed by atoms with Gasteiger partial charge < -0.3 is 15.7 Å². The number of thiophene rings is 1. The smallest absolute Gasteiger partial charge is 0.348 e. The van der Waals surface area contributed by atoms with Gasteiger partial charge in [-0.3, -0.25) is 0 Å². The lowest BCUT2D eigenvalue weighted by atomic mass is 10.2. The van der Waals surface area contributed by atoms with E-state index < -0.39 is 12.0 Å². The molecule has 0 fully saturated rings. The summed E-state index contributed by atoms with van der Waals surface area (Å²) in [5, 5.41) is 16.3. The first-order chi connectivity index (χ1) is 9.56. The molecule has 0 unspecified atom stereocenters. The Morgan fingerprint density at radius 3 is 2.55 bits per heavy atom. The Hall–Kier alpha value is -2.05. The fraction of sp³-hybridized carbons (Fsp3) is 0.0769. The Kier molecular flexibility index (Phi) is 4.60. The van der Waals surface area contributed by atoms with Gasteiger partial charge in [0.05, 0.1) is 5.69 Å². The van der Waals surface area contributed by atoms with Crippen molar-refractivity contribution >= 4 is 40.6 Å². The number of urea groups is 1. The van der Waals surface area contributed by atoms with E-state index in [4.69, 9.17) is 16.7 Å². The van der Waals surface area contributed by atoms with Gasteiger partial charge in [-0.05, 0) is 29.1 Å². The first-order valence-electron chi connectivity index (χ1n) is 5.66. The Morgan fingerprint density at radius 1 is 1.20 bits per heavy atom. The summed E-state index contributed by atoms with van der Waals surface area (Å²) in [5.74, 6) is -1.06. The third kappa shape index (κ3) is 3.72. The van der Waals surface area contributed by atoms with E-state index >= 15 is 0 Å². The minimum absolute atomic E-state index is 0.103. The Bertz CT molecular complexity index is 625. The SMILES string of the molecule is O=C(NCc1ccc(Cl)cc1)Nc1ccsc1C(=O)O. The first-order valence-corrected chi connectivity index (χ1v) is 6.92. The van der Waals surface area contributed by atoms with Crippen molar-refractivity contribution < 1.29 is 14.7 Å². The minimum atomic E-state index is -1.06. The van der Waals surface area contributed by atoms with Crippen LogP contribution in [-0.4, -0.2) is 17.1 Å². The number of carboxylic acid groups (broad SMARTS) is 1. The number of halogens is 1. The topological polar surface area (TPSA) is 78.4 Å². The number of carbonyl (C=O) groups is 2. The number of aromatic carboxylic acids is 1. The van der Waals surface area contributed by atoms with Gasteiger partial charge in [-0.25, -0.2) is 9.59 Å². The molecule has 2 rings (SSSR count). The van der Waals surface area contributed by atoms with Gasteiger partial charge in [0.1, 0.15) is 4.88 Å². The van der Waals surface area contributed by atoms with Crippen molar-refractivity contribution in [3.63, 3.8) is 0 Å². The summed E-state index contributed by atoms with van der Waals surface area (Å²) < 4.78 is 0. The molecular formula is C13H11ClN2O3S. The number of carboxylic acids is 1. The molecule has 5 nitrogen and oxygen atoms in total. The number of hydrogen-bond donors (Lipinski definition) is 3. The third-order valence-electron chi connectivity index (χ3n) is 2.47. The van der Waals surface area contributed by atoms with Crippen LogP contribution in [0.1, 0.15) is 15.2 Å². The molecule has 0 aliphatic rings. The number of carbonyl (C=O) groups excluding carboxylic acids is 1. The maximum Gasteiger partial charge on any atom is 0.348 e. The molecule has 0 spiro atoms. The predicted octanol–water partition coefficient (Wildman–Crippen LogP) is 3.42. The van der Waals surface area contributed by atoms with Crippen LogP contribution in [0.4, 0.5) is 10.5 Å². The van der Waals surface area contributed by atoms with Gasteiger partial charge in [0.2, 0.25) is 0 Å². The maximum absolute atomic E-state index is 11.7. The van der Waals surface area contributed by atoms with Crippen molar-refractivity contribution in [2.75, 3.05) is 5.32 Å². The zero-order chi connectivity index (χ0) is 14.5. The highest BCUT2D eigenvalue weighted by atomic mass is 35.5. The highest BCUT2D eigenvalue weighted by molar-refractivity contribution is 7.12. The zero-order valence-corrected chi connectivity index (χ0v) is 11.8. The summed E-state index contributed by atoms with van der Waals surface area (Å²) in [6, 6.07) is 8.16. The van der Waals surface area contributed by atoms with E-state index in [1.807, 2.05) is 0 Å². The van der Waals surface area contributed by atoms with Crippen molar-refractivity contribution in [3.8, 4) is 0 Å². The van der Waals surface area contributed by atoms with Gasteiger partial charge in [-0.1, -0.05) is 23.7 Å². The Morgan fingerprint density at radius 2 is 1.90 bits per heavy atom. The van der Waals surface area contributed by atoms with E-state index in [0.29, 0.717) is 11.6 Å². The Balaban J connectivity index is 1.91. The molecule has 0 aliphatic carbocycles. The van der Waals surface area contributed by atoms with Crippen LogP contribution in [0.3, 0.4) is 0 Å². The van der Waals surface area contributed by atoms with Gasteiger partial charge in [-0.2, -0.15) is 0 Å². The molecule has 0 radical (unpaired) electrons. The number of benzene rings is 1. The van der Waals surface area contributed by atoms with Crippen LogP contribution in [0.25, 0.3) is 0 Å². The van der Waals surface area contributed by atoms with Crippen LogP contribution >= 0.6 is 22.9 Å². The standard InChI is InChI=1S/C13H11ClN2O3S/c14-9-3-1-8(2-4-9)7-15-13(19)16-10-5-6-20-11(10)12(17)18/h1-6H,7H2,(H,17,18)(H2,15,16,19). The van der Waals surface area contributed by atoms with Crippen molar-refractivity contribution in [2.24, 2.45) is 0 Å². The van der Waals surface area contributed by atoms with Crippen molar-refractivity contribution in [3.05, 3.63) is 51.2 Å². The summed E-state index contributed by atoms with van der Waals surface area (Å²) in [7, 11) is 0. The van der Waals surface area contributed by atoms with E-state index in [2.05, 4.69) is 10.6 Å². The van der Waals surface area contributed by atoms with Crippen LogP contribution in [0.5, 0.6) is 0 Å². The molecule has 104 valence electrons. The lowest BCUT2D eigenvalue weighted by Gasteiger charge is -2.07. The highest BCUT2D eigenvalue weighted by Crippen LogP contribution is 2.21. The van der Waals surface area contributed by atoms with Gasteiger partial charge in [0.15, 0.2) is 0 Å². The summed E-state index contributed by atoms with van der Waals surface area (Å²) in [6.45, 7) is 0.329. The molecule has 0 atom stereocenters. The third-order valence-corrected chi connectivity index (χ3v) is 3.63. The second kappa shape index (κ2) is 6.40. The molecule has 7 heteroatoms. The maximum atomic E-state index is 11.7. The molecule has 2 aromatic rings. The summed E-state index contributed by atoms with van der Waals surface area (Å²) in [6.07, 6.45) is 0. The number of amides is 2. The van der Waals surface area contributed by atoms with Crippen LogP contribution in [0.2, 0.25) is 5.02 Å². The number of rotatable bonds is 4. The van der Waals surface area contributed by atoms with Gasteiger partial charge >= 0.3 is 12.0 Å². The van der Waals surface area contributed by atoms with E-state index in [1.54, 1.807) is 35.7 Å². The van der Waals surface area contributed by atoms with Crippen LogP contribution in [0.15, 0.2) is 35.7 Å². The fourth-order valence-electron chi connectivity index (χ4n) is 1.52. The highest BCUT2D eigenvalue weighted by Gasteiger charge is 2.13. The normalized spacial score (nSPS) is 10.1. The average molecular weight is 311 g/mol. The van der Waals surface area contributed by atoms with E-state index in [0.717, 1.165) is 16.9 Å². The van der Waals surface area contributed by atoms with Crippen LogP contribution < -0.4 is 10.6 Å². The van der Waals surface area contributed by atoms with E-state index in [1.165, 1.54) is 0 Å². The number of hydrogen-bond acceptors (Lipinski definition) is 3. The van der Waals surface area contributed by atoms with Gasteiger partial charge in [0, 0.05) is 11.6 Å². The molecular weight excluding hydrogens is 300 g/mol. The fourth-order valence-corrected chi connectivity index (χ4v) is 2.34. The lowest BCUT2D eigenvalue weighted by Crippen LogP contribution is -2.28. The molecule has 1 aromatic heterocycles. The lowest BCUT2D eigenvalue weighted by molar-refractivity contribution is 0.0703. The van der Waals surface area contributed by atoms with Crippen molar-refractivity contribution in [1.82, 2.24) is 5.32 Å². The van der Waals surface area contributed by atoms with Gasteiger partial charge in [-0.15, -0.1) is 11.3 Å². The molecule has 2 amide bonds. The Labute approximate surface area is 124 Å². The summed E-state index contributed by atoms with van der Waals surface area (Å²) in [4.78, 5) is 22.7. The second-order valence-corrected chi connectivity index (χ2v) is 5.26. The predicted molar refractivity (Wildman–Crippen MR) is 78.6 cm³/mol. The van der Waals surface area contributed by atoms with Crippen LogP contribution in [0, 0.1) is 0 Å².